The molecule has 2 aromatic rings. The van der Waals surface area contributed by atoms with Crippen LogP contribution in [0.5, 0.6) is 0 Å². The molecule has 118 valence electrons. The van der Waals surface area contributed by atoms with Crippen LogP contribution < -0.4 is 5.56 Å². The molecule has 0 aromatic carbocycles. The number of thioether (sulfide) groups is 1. The number of hydrogen-bond donors (Lipinski definition) is 0. The first kappa shape index (κ1) is 15.5. The van der Waals surface area contributed by atoms with Gasteiger partial charge in [-0.05, 0) is 7.05 Å². The summed E-state index contributed by atoms with van der Waals surface area (Å²) in [5.41, 5.74) is 0.677. The van der Waals surface area contributed by atoms with E-state index in [4.69, 9.17) is 0 Å². The van der Waals surface area contributed by atoms with E-state index in [1.165, 1.54) is 27.5 Å². The standard InChI is InChI=1S/C14H18N4O2S2/c1-16-2-4-17(5-3-16)13(20)10-21-9-11-8-12(19)18-6-7-22-14(18)15-11/h6-8H,2-5,9-10H2,1H3. The minimum Gasteiger partial charge on any atom is -0.339 e. The van der Waals surface area contributed by atoms with Crippen molar-refractivity contribution in [2.45, 2.75) is 5.75 Å². The van der Waals surface area contributed by atoms with Crippen molar-refractivity contribution in [3.05, 3.63) is 33.7 Å². The second-order valence-electron chi connectivity index (χ2n) is 5.32. The van der Waals surface area contributed by atoms with Crippen LogP contribution in [0.4, 0.5) is 0 Å². The molecule has 0 radical (unpaired) electrons. The summed E-state index contributed by atoms with van der Waals surface area (Å²) < 4.78 is 1.54. The van der Waals surface area contributed by atoms with E-state index >= 15 is 0 Å². The van der Waals surface area contributed by atoms with Crippen LogP contribution in [0.1, 0.15) is 5.69 Å². The van der Waals surface area contributed by atoms with E-state index in [9.17, 15) is 9.59 Å². The first-order valence-corrected chi connectivity index (χ1v) is 9.17. The minimum atomic E-state index is -0.0627. The molecule has 1 amide bonds. The number of piperazine rings is 1. The maximum absolute atomic E-state index is 12.1. The smallest absolute Gasteiger partial charge is 0.258 e. The topological polar surface area (TPSA) is 57.9 Å². The van der Waals surface area contributed by atoms with Crippen LogP contribution in [0.25, 0.3) is 4.96 Å². The third-order valence-corrected chi connectivity index (χ3v) is 5.40. The van der Waals surface area contributed by atoms with E-state index < -0.39 is 0 Å². The number of rotatable bonds is 4. The van der Waals surface area contributed by atoms with Crippen molar-refractivity contribution in [1.82, 2.24) is 19.2 Å². The number of amides is 1. The van der Waals surface area contributed by atoms with Gasteiger partial charge < -0.3 is 9.80 Å². The summed E-state index contributed by atoms with van der Waals surface area (Å²) in [7, 11) is 2.07. The first-order chi connectivity index (χ1) is 10.6. The number of carbonyl (C=O) groups is 1. The van der Waals surface area contributed by atoms with Crippen LogP contribution >= 0.6 is 23.1 Å². The van der Waals surface area contributed by atoms with Gasteiger partial charge in [0.2, 0.25) is 5.91 Å². The Labute approximate surface area is 136 Å². The molecule has 0 N–H and O–H groups in total. The quantitative estimate of drug-likeness (QED) is 0.824. The molecule has 3 rings (SSSR count). The fourth-order valence-corrected chi connectivity index (χ4v) is 3.91. The maximum atomic E-state index is 12.1. The molecule has 1 saturated heterocycles. The molecule has 3 heterocycles. The average Bonchev–Trinajstić information content (AvgIpc) is 2.97. The van der Waals surface area contributed by atoms with Gasteiger partial charge >= 0.3 is 0 Å². The zero-order valence-electron chi connectivity index (χ0n) is 12.4. The fraction of sp³-hybridized carbons (Fsp3) is 0.500. The molecule has 1 aliphatic rings. The van der Waals surface area contributed by atoms with Gasteiger partial charge in [-0.25, -0.2) is 4.98 Å². The van der Waals surface area contributed by atoms with Crippen LogP contribution in [0.3, 0.4) is 0 Å². The van der Waals surface area contributed by atoms with E-state index in [0.29, 0.717) is 16.5 Å². The molecule has 0 unspecified atom stereocenters. The Morgan fingerprint density at radius 2 is 2.14 bits per heavy atom. The number of nitrogens with zero attached hydrogens (tertiary/aromatic N) is 4. The summed E-state index contributed by atoms with van der Waals surface area (Å²) in [5.74, 6) is 1.20. The van der Waals surface area contributed by atoms with Gasteiger partial charge in [0, 0.05) is 49.6 Å². The first-order valence-electron chi connectivity index (χ1n) is 7.13. The van der Waals surface area contributed by atoms with Crippen molar-refractivity contribution in [2.24, 2.45) is 0 Å². The van der Waals surface area contributed by atoms with Crippen molar-refractivity contribution in [3.8, 4) is 0 Å². The Balaban J connectivity index is 1.53. The largest absolute Gasteiger partial charge is 0.339 e. The Kier molecular flexibility index (Phi) is 4.80. The van der Waals surface area contributed by atoms with Gasteiger partial charge in [-0.2, -0.15) is 0 Å². The number of thiazole rings is 1. The third-order valence-electron chi connectivity index (χ3n) is 3.69. The lowest BCUT2D eigenvalue weighted by atomic mass is 10.3. The highest BCUT2D eigenvalue weighted by Crippen LogP contribution is 2.13. The molecule has 8 heteroatoms. The number of hydrogen-bond acceptors (Lipinski definition) is 6. The highest BCUT2D eigenvalue weighted by Gasteiger charge is 2.18. The van der Waals surface area contributed by atoms with Crippen molar-refractivity contribution in [3.63, 3.8) is 0 Å². The van der Waals surface area contributed by atoms with Crippen molar-refractivity contribution in [2.75, 3.05) is 39.0 Å². The zero-order valence-corrected chi connectivity index (χ0v) is 14.0. The third kappa shape index (κ3) is 3.50. The average molecular weight is 338 g/mol. The summed E-state index contributed by atoms with van der Waals surface area (Å²) >= 11 is 2.96. The van der Waals surface area contributed by atoms with Crippen molar-refractivity contribution >= 4 is 34.0 Å². The number of likely N-dealkylation sites (N-methyl/N-ethyl adjacent to an activating group) is 1. The molecule has 0 atom stereocenters. The van der Waals surface area contributed by atoms with Crippen molar-refractivity contribution in [1.29, 1.82) is 0 Å². The Bertz CT molecular complexity index is 719. The molecular formula is C14H18N4O2S2. The molecular weight excluding hydrogens is 320 g/mol. The number of aromatic nitrogens is 2. The predicted octanol–water partition coefficient (Wildman–Crippen LogP) is 0.763. The Morgan fingerprint density at radius 3 is 2.91 bits per heavy atom. The second kappa shape index (κ2) is 6.80. The lowest BCUT2D eigenvalue weighted by molar-refractivity contribution is -0.129. The fourth-order valence-electron chi connectivity index (χ4n) is 2.35. The highest BCUT2D eigenvalue weighted by molar-refractivity contribution is 7.99. The Hall–Kier alpha value is -1.38. The van der Waals surface area contributed by atoms with Gasteiger partial charge in [-0.3, -0.25) is 14.0 Å². The lowest BCUT2D eigenvalue weighted by Crippen LogP contribution is -2.47. The molecule has 1 aliphatic heterocycles. The van der Waals surface area contributed by atoms with Gasteiger partial charge in [-0.15, -0.1) is 23.1 Å². The van der Waals surface area contributed by atoms with Crippen LogP contribution in [-0.4, -0.2) is 64.1 Å². The van der Waals surface area contributed by atoms with E-state index in [1.54, 1.807) is 12.3 Å². The van der Waals surface area contributed by atoms with Crippen LogP contribution in [0.15, 0.2) is 22.4 Å². The molecule has 0 aliphatic carbocycles. The summed E-state index contributed by atoms with van der Waals surface area (Å²) in [4.78, 5) is 33.3. The van der Waals surface area contributed by atoms with E-state index in [2.05, 4.69) is 16.9 Å². The van der Waals surface area contributed by atoms with Gasteiger partial charge in [0.25, 0.3) is 5.56 Å². The second-order valence-corrected chi connectivity index (χ2v) is 7.18. The highest BCUT2D eigenvalue weighted by atomic mass is 32.2. The van der Waals surface area contributed by atoms with E-state index in [0.717, 1.165) is 31.9 Å². The molecule has 6 nitrogen and oxygen atoms in total. The predicted molar refractivity (Wildman–Crippen MR) is 89.6 cm³/mol. The summed E-state index contributed by atoms with van der Waals surface area (Å²) in [6.45, 7) is 3.47. The van der Waals surface area contributed by atoms with E-state index in [-0.39, 0.29) is 11.5 Å². The summed E-state index contributed by atoms with van der Waals surface area (Å²) in [6, 6.07) is 1.55. The van der Waals surface area contributed by atoms with Crippen LogP contribution in [0.2, 0.25) is 0 Å². The van der Waals surface area contributed by atoms with Gasteiger partial charge in [0.1, 0.15) is 0 Å². The van der Waals surface area contributed by atoms with Crippen LogP contribution in [-0.2, 0) is 10.5 Å². The molecule has 0 saturated carbocycles. The number of fused-ring (bicyclic) bond motifs is 1. The molecule has 22 heavy (non-hydrogen) atoms. The number of carbonyl (C=O) groups excluding carboxylic acids is 1. The maximum Gasteiger partial charge on any atom is 0.258 e. The Morgan fingerprint density at radius 1 is 1.36 bits per heavy atom. The lowest BCUT2D eigenvalue weighted by Gasteiger charge is -2.32. The van der Waals surface area contributed by atoms with Gasteiger partial charge in [0.15, 0.2) is 4.96 Å². The van der Waals surface area contributed by atoms with Crippen LogP contribution in [0, 0.1) is 0 Å². The zero-order chi connectivity index (χ0) is 15.5. The van der Waals surface area contributed by atoms with Crippen molar-refractivity contribution < 1.29 is 4.79 Å². The molecule has 0 bridgehead atoms. The van der Waals surface area contributed by atoms with E-state index in [1.807, 2.05) is 10.3 Å². The van der Waals surface area contributed by atoms with Gasteiger partial charge in [0.05, 0.1) is 11.4 Å². The minimum absolute atomic E-state index is 0.0627. The monoisotopic (exact) mass is 338 g/mol. The summed E-state index contributed by atoms with van der Waals surface area (Å²) in [6.07, 6.45) is 1.73. The summed E-state index contributed by atoms with van der Waals surface area (Å²) in [5, 5.41) is 1.84. The SMILES string of the molecule is CN1CCN(C(=O)CSCc2cc(=O)n3ccsc3n2)CC1. The molecule has 1 fully saturated rings. The van der Waals surface area contributed by atoms with Gasteiger partial charge in [-0.1, -0.05) is 0 Å². The normalized spacial score (nSPS) is 16.3. The molecule has 2 aromatic heterocycles. The molecule has 0 spiro atoms.